The largest absolute Gasteiger partial charge is 0.452 e. The second-order valence-corrected chi connectivity index (χ2v) is 7.51. The van der Waals surface area contributed by atoms with E-state index in [0.29, 0.717) is 31.9 Å². The molecule has 3 aromatic rings. The van der Waals surface area contributed by atoms with E-state index in [2.05, 4.69) is 0 Å². The quantitative estimate of drug-likeness (QED) is 0.468. The predicted molar refractivity (Wildman–Crippen MR) is 117 cm³/mol. The number of ether oxygens (including phenoxy) is 2. The maximum Gasteiger partial charge on any atom is 0.339 e. The van der Waals surface area contributed by atoms with Gasteiger partial charge in [-0.15, -0.1) is 0 Å². The molecule has 0 spiro atoms. The third-order valence-corrected chi connectivity index (χ3v) is 5.46. The monoisotopic (exact) mass is 420 g/mol. The fourth-order valence-corrected chi connectivity index (χ4v) is 3.75. The van der Waals surface area contributed by atoms with Gasteiger partial charge in [0.1, 0.15) is 0 Å². The van der Waals surface area contributed by atoms with Crippen LogP contribution < -0.4 is 0 Å². The third-order valence-electron chi connectivity index (χ3n) is 5.46. The van der Waals surface area contributed by atoms with Gasteiger partial charge in [-0.1, -0.05) is 48.5 Å². The molecule has 0 atom stereocenters. The van der Waals surface area contributed by atoms with Crippen LogP contribution in [-0.4, -0.2) is 74.1 Å². The van der Waals surface area contributed by atoms with Crippen molar-refractivity contribution in [3.8, 4) is 0 Å². The standard InChI is InChI=1S/C24H24N2O5/c1-25(15-21(27)26-10-12-30-13-11-26)22(28)16-31-24(29)23-19-8-4-2-6-17(19)14-18-7-3-5-9-20(18)23/h2-9,14H,10-13,15-16H2,1H3. The van der Waals surface area contributed by atoms with Gasteiger partial charge >= 0.3 is 5.97 Å². The zero-order valence-electron chi connectivity index (χ0n) is 17.4. The summed E-state index contributed by atoms with van der Waals surface area (Å²) in [5.41, 5.74) is 0.438. The second-order valence-electron chi connectivity index (χ2n) is 7.51. The lowest BCUT2D eigenvalue weighted by Crippen LogP contribution is -2.46. The predicted octanol–water partition coefficient (Wildman–Crippen LogP) is 2.47. The molecule has 160 valence electrons. The van der Waals surface area contributed by atoms with Crippen LogP contribution in [0.2, 0.25) is 0 Å². The van der Waals surface area contributed by atoms with Gasteiger partial charge in [-0.25, -0.2) is 4.79 Å². The Hall–Kier alpha value is -3.45. The van der Waals surface area contributed by atoms with Crippen molar-refractivity contribution < 1.29 is 23.9 Å². The molecule has 0 unspecified atom stereocenters. The number of rotatable bonds is 5. The molecule has 0 aliphatic carbocycles. The van der Waals surface area contributed by atoms with Gasteiger partial charge in [0.25, 0.3) is 5.91 Å². The Kier molecular flexibility index (Phi) is 6.13. The number of carbonyl (C=O) groups excluding carboxylic acids is 3. The number of carbonyl (C=O) groups is 3. The summed E-state index contributed by atoms with van der Waals surface area (Å²) < 4.78 is 10.6. The Balaban J connectivity index is 1.46. The molecule has 7 nitrogen and oxygen atoms in total. The maximum atomic E-state index is 13.0. The van der Waals surface area contributed by atoms with E-state index >= 15 is 0 Å². The Morgan fingerprint density at radius 1 is 0.968 bits per heavy atom. The van der Waals surface area contributed by atoms with Gasteiger partial charge in [0.15, 0.2) is 6.61 Å². The van der Waals surface area contributed by atoms with Crippen molar-refractivity contribution in [2.24, 2.45) is 0 Å². The zero-order chi connectivity index (χ0) is 21.8. The normalized spacial score (nSPS) is 13.9. The highest BCUT2D eigenvalue weighted by Crippen LogP contribution is 2.29. The Morgan fingerprint density at radius 3 is 2.16 bits per heavy atom. The minimum Gasteiger partial charge on any atom is -0.452 e. The molecule has 3 aromatic carbocycles. The Morgan fingerprint density at radius 2 is 1.55 bits per heavy atom. The number of amides is 2. The first-order valence-electron chi connectivity index (χ1n) is 10.2. The Bertz CT molecular complexity index is 1080. The van der Waals surface area contributed by atoms with Crippen LogP contribution in [-0.2, 0) is 19.1 Å². The van der Waals surface area contributed by atoms with E-state index in [4.69, 9.17) is 9.47 Å². The smallest absolute Gasteiger partial charge is 0.339 e. The highest BCUT2D eigenvalue weighted by Gasteiger charge is 2.22. The number of hydrogen-bond acceptors (Lipinski definition) is 5. The van der Waals surface area contributed by atoms with Crippen molar-refractivity contribution in [1.29, 1.82) is 0 Å². The molecule has 2 amide bonds. The van der Waals surface area contributed by atoms with Gasteiger partial charge in [-0.3, -0.25) is 9.59 Å². The van der Waals surface area contributed by atoms with E-state index < -0.39 is 18.5 Å². The molecule has 1 aliphatic heterocycles. The summed E-state index contributed by atoms with van der Waals surface area (Å²) in [6.07, 6.45) is 0. The number of nitrogens with zero attached hydrogens (tertiary/aromatic N) is 2. The molecular weight excluding hydrogens is 396 g/mol. The van der Waals surface area contributed by atoms with Crippen molar-refractivity contribution in [2.75, 3.05) is 46.5 Å². The van der Waals surface area contributed by atoms with Crippen LogP contribution in [0.3, 0.4) is 0 Å². The molecule has 1 fully saturated rings. The topological polar surface area (TPSA) is 76.2 Å². The summed E-state index contributed by atoms with van der Waals surface area (Å²) in [5, 5.41) is 3.39. The van der Waals surface area contributed by atoms with Crippen LogP contribution in [0.1, 0.15) is 10.4 Å². The van der Waals surface area contributed by atoms with Crippen molar-refractivity contribution >= 4 is 39.3 Å². The first-order valence-corrected chi connectivity index (χ1v) is 10.2. The molecule has 0 aromatic heterocycles. The molecule has 4 rings (SSSR count). The molecule has 0 saturated carbocycles. The fourth-order valence-electron chi connectivity index (χ4n) is 3.75. The zero-order valence-corrected chi connectivity index (χ0v) is 17.4. The number of hydrogen-bond donors (Lipinski definition) is 0. The van der Waals surface area contributed by atoms with Crippen LogP contribution in [0.4, 0.5) is 0 Å². The lowest BCUT2D eigenvalue weighted by Gasteiger charge is -2.28. The SMILES string of the molecule is CN(CC(=O)N1CCOCC1)C(=O)COC(=O)c1c2ccccc2cc2ccccc12. The van der Waals surface area contributed by atoms with Gasteiger partial charge in [0.2, 0.25) is 5.91 Å². The lowest BCUT2D eigenvalue weighted by molar-refractivity contribution is -0.143. The molecule has 31 heavy (non-hydrogen) atoms. The number of benzene rings is 3. The number of morpholine rings is 1. The second kappa shape index (κ2) is 9.14. The molecule has 1 heterocycles. The average Bonchev–Trinajstić information content (AvgIpc) is 2.81. The van der Waals surface area contributed by atoms with Crippen LogP contribution in [0, 0.1) is 0 Å². The number of likely N-dealkylation sites (N-methyl/N-ethyl adjacent to an activating group) is 1. The summed E-state index contributed by atoms with van der Waals surface area (Å²) in [5.74, 6) is -1.14. The molecule has 7 heteroatoms. The van der Waals surface area contributed by atoms with Gasteiger partial charge < -0.3 is 19.3 Å². The molecule has 0 N–H and O–H groups in total. The maximum absolute atomic E-state index is 13.0. The summed E-state index contributed by atoms with van der Waals surface area (Å²) >= 11 is 0. The first-order chi connectivity index (χ1) is 15.0. The molecule has 1 aliphatic rings. The summed E-state index contributed by atoms with van der Waals surface area (Å²) in [7, 11) is 1.53. The highest BCUT2D eigenvalue weighted by atomic mass is 16.5. The summed E-state index contributed by atoms with van der Waals surface area (Å²) in [4.78, 5) is 40.8. The van der Waals surface area contributed by atoms with Crippen molar-refractivity contribution in [3.05, 3.63) is 60.2 Å². The van der Waals surface area contributed by atoms with Crippen molar-refractivity contribution in [3.63, 3.8) is 0 Å². The van der Waals surface area contributed by atoms with E-state index in [1.807, 2.05) is 54.6 Å². The summed E-state index contributed by atoms with van der Waals surface area (Å²) in [6, 6.07) is 17.2. The van der Waals surface area contributed by atoms with Crippen LogP contribution in [0.25, 0.3) is 21.5 Å². The minimum absolute atomic E-state index is 0.0619. The van der Waals surface area contributed by atoms with E-state index in [-0.39, 0.29) is 12.5 Å². The van der Waals surface area contributed by atoms with Crippen molar-refractivity contribution in [2.45, 2.75) is 0 Å². The molecular formula is C24H24N2O5. The molecule has 0 radical (unpaired) electrons. The van der Waals surface area contributed by atoms with E-state index in [0.717, 1.165) is 21.5 Å². The molecule has 1 saturated heterocycles. The average molecular weight is 420 g/mol. The fraction of sp³-hybridized carbons (Fsp3) is 0.292. The lowest BCUT2D eigenvalue weighted by atomic mass is 9.97. The van der Waals surface area contributed by atoms with Crippen molar-refractivity contribution in [1.82, 2.24) is 9.80 Å². The van der Waals surface area contributed by atoms with Crippen LogP contribution in [0.5, 0.6) is 0 Å². The van der Waals surface area contributed by atoms with Gasteiger partial charge in [-0.05, 0) is 27.6 Å². The third kappa shape index (κ3) is 4.51. The van der Waals surface area contributed by atoms with E-state index in [1.54, 1.807) is 4.90 Å². The highest BCUT2D eigenvalue weighted by molar-refractivity contribution is 6.16. The first kappa shape index (κ1) is 20.8. The van der Waals surface area contributed by atoms with Gasteiger partial charge in [-0.2, -0.15) is 0 Å². The van der Waals surface area contributed by atoms with E-state index in [9.17, 15) is 14.4 Å². The van der Waals surface area contributed by atoms with Gasteiger partial charge in [0, 0.05) is 20.1 Å². The number of fused-ring (bicyclic) bond motifs is 2. The number of esters is 1. The minimum atomic E-state index is -0.561. The van der Waals surface area contributed by atoms with Crippen LogP contribution >= 0.6 is 0 Å². The summed E-state index contributed by atoms with van der Waals surface area (Å²) in [6.45, 7) is 1.55. The Labute approximate surface area is 180 Å². The van der Waals surface area contributed by atoms with Gasteiger partial charge in [0.05, 0.1) is 25.3 Å². The molecule has 0 bridgehead atoms. The van der Waals surface area contributed by atoms with Crippen LogP contribution in [0.15, 0.2) is 54.6 Å². The van der Waals surface area contributed by atoms with E-state index in [1.165, 1.54) is 11.9 Å².